The minimum absolute atomic E-state index is 0.376. The van der Waals surface area contributed by atoms with Gasteiger partial charge in [-0.2, -0.15) is 0 Å². The molecule has 1 aromatic rings. The Morgan fingerprint density at radius 3 is 2.42 bits per heavy atom. The first-order chi connectivity index (χ1) is 9.02. The van der Waals surface area contributed by atoms with E-state index in [4.69, 9.17) is 9.47 Å². The Bertz CT molecular complexity index is 477. The zero-order chi connectivity index (χ0) is 14.0. The Balaban J connectivity index is 2.49. The summed E-state index contributed by atoms with van der Waals surface area (Å²) in [6.45, 7) is 4.10. The molecule has 0 heterocycles. The van der Waals surface area contributed by atoms with E-state index in [2.05, 4.69) is 13.0 Å². The average Bonchev–Trinajstić information content (AvgIpc) is 2.66. The summed E-state index contributed by atoms with van der Waals surface area (Å²) in [6, 6.07) is 7.77. The maximum atomic E-state index is 11.0. The van der Waals surface area contributed by atoms with Gasteiger partial charge in [-0.15, -0.1) is 0 Å². The highest BCUT2D eigenvalue weighted by atomic mass is 16.7. The third-order valence-corrected chi connectivity index (χ3v) is 3.89. The number of rotatable bonds is 4. The maximum Gasteiger partial charge on any atom is 0.183 e. The van der Waals surface area contributed by atoms with E-state index >= 15 is 0 Å². The number of ether oxygens (including phenoxy) is 2. The van der Waals surface area contributed by atoms with Crippen molar-refractivity contribution in [1.29, 1.82) is 0 Å². The first kappa shape index (κ1) is 14.3. The van der Waals surface area contributed by atoms with Gasteiger partial charge in [-0.1, -0.05) is 37.3 Å². The Morgan fingerprint density at radius 2 is 1.89 bits per heavy atom. The second-order valence-electron chi connectivity index (χ2n) is 5.28. The third-order valence-electron chi connectivity index (χ3n) is 3.89. The smallest absolute Gasteiger partial charge is 0.183 e. The Labute approximate surface area is 114 Å². The van der Waals surface area contributed by atoms with E-state index in [1.165, 1.54) is 0 Å². The highest BCUT2D eigenvalue weighted by Crippen LogP contribution is 2.44. The normalized spacial score (nSPS) is 26.8. The van der Waals surface area contributed by atoms with Crippen LogP contribution in [0.5, 0.6) is 0 Å². The summed E-state index contributed by atoms with van der Waals surface area (Å²) in [4.78, 5) is 0. The number of allylic oxidation sites excluding steroid dienone is 1. The molecule has 0 aliphatic heterocycles. The van der Waals surface area contributed by atoms with Crippen LogP contribution in [-0.2, 0) is 15.1 Å². The minimum Gasteiger partial charge on any atom is -0.381 e. The number of methoxy groups -OCH3 is 2. The number of benzene rings is 1. The highest BCUT2D eigenvalue weighted by Gasteiger charge is 2.39. The van der Waals surface area contributed by atoms with E-state index in [9.17, 15) is 5.11 Å². The van der Waals surface area contributed by atoms with Crippen LogP contribution in [-0.4, -0.2) is 19.3 Å². The van der Waals surface area contributed by atoms with Crippen molar-refractivity contribution in [1.82, 2.24) is 0 Å². The molecule has 0 fully saturated rings. The number of hydrogen-bond donors (Lipinski definition) is 1. The molecule has 1 aromatic carbocycles. The monoisotopic (exact) mass is 262 g/mol. The molecule has 3 heteroatoms. The van der Waals surface area contributed by atoms with Gasteiger partial charge >= 0.3 is 0 Å². The molecule has 1 aliphatic rings. The van der Waals surface area contributed by atoms with Crippen LogP contribution in [0.3, 0.4) is 0 Å². The number of hydrogen-bond acceptors (Lipinski definition) is 3. The van der Waals surface area contributed by atoms with Gasteiger partial charge in [-0.3, -0.25) is 0 Å². The standard InChI is InChI=1S/C16H22O3/c1-11-9-12(2)16(17,10-11)14-8-6-5-7-13(14)15(18-3)19-4/h5-9,11,15,17H,10H2,1-4H3. The first-order valence-corrected chi connectivity index (χ1v) is 6.59. The number of aliphatic hydroxyl groups is 1. The predicted molar refractivity (Wildman–Crippen MR) is 74.6 cm³/mol. The predicted octanol–water partition coefficient (Wildman–Crippen LogP) is 3.15. The fraction of sp³-hybridized carbons (Fsp3) is 0.500. The molecule has 19 heavy (non-hydrogen) atoms. The molecule has 2 atom stereocenters. The summed E-state index contributed by atoms with van der Waals surface area (Å²) in [5, 5.41) is 11.0. The van der Waals surface area contributed by atoms with Gasteiger partial charge in [0.2, 0.25) is 0 Å². The highest BCUT2D eigenvalue weighted by molar-refractivity contribution is 5.41. The molecular weight excluding hydrogens is 240 g/mol. The zero-order valence-electron chi connectivity index (χ0n) is 12.0. The molecule has 2 unspecified atom stereocenters. The Morgan fingerprint density at radius 1 is 1.26 bits per heavy atom. The van der Waals surface area contributed by atoms with Gasteiger partial charge in [0.05, 0.1) is 0 Å². The van der Waals surface area contributed by atoms with Gasteiger partial charge in [0.25, 0.3) is 0 Å². The van der Waals surface area contributed by atoms with Crippen molar-refractivity contribution in [3.8, 4) is 0 Å². The molecule has 104 valence electrons. The van der Waals surface area contributed by atoms with Crippen LogP contribution in [0.4, 0.5) is 0 Å². The fourth-order valence-electron chi connectivity index (χ4n) is 3.00. The van der Waals surface area contributed by atoms with Crippen molar-refractivity contribution in [3.63, 3.8) is 0 Å². The van der Waals surface area contributed by atoms with Crippen molar-refractivity contribution in [3.05, 3.63) is 47.0 Å². The molecule has 0 amide bonds. The molecule has 0 saturated carbocycles. The van der Waals surface area contributed by atoms with E-state index in [1.807, 2.05) is 31.2 Å². The van der Waals surface area contributed by atoms with E-state index in [1.54, 1.807) is 14.2 Å². The molecule has 0 aromatic heterocycles. The average molecular weight is 262 g/mol. The van der Waals surface area contributed by atoms with Crippen LogP contribution in [0.2, 0.25) is 0 Å². The third kappa shape index (κ3) is 2.46. The lowest BCUT2D eigenvalue weighted by molar-refractivity contribution is -0.108. The van der Waals surface area contributed by atoms with E-state index < -0.39 is 11.9 Å². The molecule has 1 aliphatic carbocycles. The summed E-state index contributed by atoms with van der Waals surface area (Å²) in [5.41, 5.74) is 1.85. The van der Waals surface area contributed by atoms with Gasteiger partial charge in [0.15, 0.2) is 6.29 Å². The lowest BCUT2D eigenvalue weighted by atomic mass is 9.84. The van der Waals surface area contributed by atoms with Gasteiger partial charge in [0, 0.05) is 19.8 Å². The second kappa shape index (κ2) is 5.45. The first-order valence-electron chi connectivity index (χ1n) is 6.59. The second-order valence-corrected chi connectivity index (χ2v) is 5.28. The molecule has 0 bridgehead atoms. The fourth-order valence-corrected chi connectivity index (χ4v) is 3.00. The van der Waals surface area contributed by atoms with Crippen molar-refractivity contribution in [2.24, 2.45) is 5.92 Å². The van der Waals surface area contributed by atoms with Gasteiger partial charge in [-0.25, -0.2) is 0 Å². The van der Waals surface area contributed by atoms with E-state index in [-0.39, 0.29) is 0 Å². The lowest BCUT2D eigenvalue weighted by Crippen LogP contribution is -2.27. The van der Waals surface area contributed by atoms with Crippen LogP contribution in [0, 0.1) is 5.92 Å². The quantitative estimate of drug-likeness (QED) is 0.669. The summed E-state index contributed by atoms with van der Waals surface area (Å²) >= 11 is 0. The molecule has 2 rings (SSSR count). The van der Waals surface area contributed by atoms with Crippen LogP contribution >= 0.6 is 0 Å². The maximum absolute atomic E-state index is 11.0. The van der Waals surface area contributed by atoms with Crippen molar-refractivity contribution in [2.75, 3.05) is 14.2 Å². The summed E-state index contributed by atoms with van der Waals surface area (Å²) < 4.78 is 10.7. The minimum atomic E-state index is -0.911. The Hall–Kier alpha value is -1.16. The molecule has 3 nitrogen and oxygen atoms in total. The summed E-state index contributed by atoms with van der Waals surface area (Å²) in [5.74, 6) is 0.376. The van der Waals surface area contributed by atoms with E-state index in [0.29, 0.717) is 12.3 Å². The van der Waals surface area contributed by atoms with Crippen LogP contribution in [0.25, 0.3) is 0 Å². The molecular formula is C16H22O3. The van der Waals surface area contributed by atoms with Gasteiger partial charge in [-0.05, 0) is 30.4 Å². The van der Waals surface area contributed by atoms with Crippen LogP contribution < -0.4 is 0 Å². The van der Waals surface area contributed by atoms with Crippen molar-refractivity contribution in [2.45, 2.75) is 32.2 Å². The Kier molecular flexibility index (Phi) is 4.09. The summed E-state index contributed by atoms with van der Waals surface area (Å²) in [7, 11) is 3.21. The zero-order valence-corrected chi connectivity index (χ0v) is 12.0. The van der Waals surface area contributed by atoms with Crippen molar-refractivity contribution >= 4 is 0 Å². The molecule has 0 saturated heterocycles. The summed E-state index contributed by atoms with van der Waals surface area (Å²) in [6.07, 6.45) is 2.38. The molecule has 0 radical (unpaired) electrons. The van der Waals surface area contributed by atoms with E-state index in [0.717, 1.165) is 16.7 Å². The SMILES string of the molecule is COC(OC)c1ccccc1C1(O)CC(C)C=C1C. The van der Waals surface area contributed by atoms with Crippen LogP contribution in [0.1, 0.15) is 37.7 Å². The van der Waals surface area contributed by atoms with Crippen molar-refractivity contribution < 1.29 is 14.6 Å². The lowest BCUT2D eigenvalue weighted by Gasteiger charge is -2.30. The topological polar surface area (TPSA) is 38.7 Å². The van der Waals surface area contributed by atoms with Crippen LogP contribution in [0.15, 0.2) is 35.9 Å². The van der Waals surface area contributed by atoms with Gasteiger partial charge in [0.1, 0.15) is 5.60 Å². The largest absolute Gasteiger partial charge is 0.381 e. The van der Waals surface area contributed by atoms with Gasteiger partial charge < -0.3 is 14.6 Å². The molecule has 0 spiro atoms. The molecule has 1 N–H and O–H groups in total.